The lowest BCUT2D eigenvalue weighted by atomic mass is 10.0. The predicted octanol–water partition coefficient (Wildman–Crippen LogP) is 2.94. The maximum Gasteiger partial charge on any atom is 0.168 e. The fraction of sp³-hybridized carbons (Fsp3) is 0.188. The Morgan fingerprint density at radius 1 is 1.10 bits per heavy atom. The number of ether oxygens (including phenoxy) is 1. The van der Waals surface area contributed by atoms with Gasteiger partial charge in [0.25, 0.3) is 0 Å². The van der Waals surface area contributed by atoms with Crippen LogP contribution in [0.25, 0.3) is 0 Å². The minimum absolute atomic E-state index is 0.0705. The molecule has 0 aliphatic carbocycles. The van der Waals surface area contributed by atoms with Crippen LogP contribution in [0.4, 0.5) is 0 Å². The van der Waals surface area contributed by atoms with E-state index >= 15 is 0 Å². The molecule has 2 aromatic rings. The first-order valence-electron chi connectivity index (χ1n) is 6.24. The number of benzene rings is 2. The summed E-state index contributed by atoms with van der Waals surface area (Å²) in [4.78, 5) is 11.0. The van der Waals surface area contributed by atoms with Gasteiger partial charge in [-0.2, -0.15) is 0 Å². The monoisotopic (exact) mass is 272 g/mol. The van der Waals surface area contributed by atoms with Crippen LogP contribution < -0.4 is 0 Å². The van der Waals surface area contributed by atoms with Crippen LogP contribution in [0.15, 0.2) is 36.4 Å². The second kappa shape index (κ2) is 6.21. The van der Waals surface area contributed by atoms with Gasteiger partial charge < -0.3 is 14.9 Å². The Kier molecular flexibility index (Phi) is 4.38. The predicted molar refractivity (Wildman–Crippen MR) is 74.8 cm³/mol. The van der Waals surface area contributed by atoms with Gasteiger partial charge in [0.1, 0.15) is 0 Å². The molecule has 0 radical (unpaired) electrons. The molecule has 0 heterocycles. The van der Waals surface area contributed by atoms with Crippen LogP contribution in [0, 0.1) is 6.92 Å². The van der Waals surface area contributed by atoms with Crippen molar-refractivity contribution in [2.75, 3.05) is 0 Å². The van der Waals surface area contributed by atoms with Crippen LogP contribution in [-0.4, -0.2) is 16.5 Å². The molecule has 0 fully saturated rings. The summed E-state index contributed by atoms with van der Waals surface area (Å²) in [5, 5.41) is 19.3. The smallest absolute Gasteiger partial charge is 0.168 e. The number of phenols is 2. The number of aryl methyl sites for hydroxylation is 1. The molecule has 2 rings (SSSR count). The van der Waals surface area contributed by atoms with Crippen LogP contribution in [0.2, 0.25) is 0 Å². The van der Waals surface area contributed by atoms with Gasteiger partial charge in [-0.1, -0.05) is 30.3 Å². The summed E-state index contributed by atoms with van der Waals surface area (Å²) >= 11 is 0. The molecule has 0 bridgehead atoms. The van der Waals surface area contributed by atoms with Crippen LogP contribution in [0.3, 0.4) is 0 Å². The van der Waals surface area contributed by atoms with E-state index in [0.717, 1.165) is 5.56 Å². The van der Waals surface area contributed by atoms with E-state index in [1.54, 1.807) is 13.0 Å². The quantitative estimate of drug-likeness (QED) is 0.648. The second-order valence-electron chi connectivity index (χ2n) is 4.56. The number of carbonyl (C=O) groups is 1. The molecule has 0 spiro atoms. The SMILES string of the molecule is Cc1cc(COCc2ccccc2)c(C=O)c(O)c1O. The van der Waals surface area contributed by atoms with Crippen LogP contribution in [0.5, 0.6) is 11.5 Å². The van der Waals surface area contributed by atoms with E-state index in [-0.39, 0.29) is 17.9 Å². The first-order valence-corrected chi connectivity index (χ1v) is 6.24. The summed E-state index contributed by atoms with van der Waals surface area (Å²) < 4.78 is 5.55. The van der Waals surface area contributed by atoms with Gasteiger partial charge in [-0.05, 0) is 29.7 Å². The zero-order chi connectivity index (χ0) is 14.5. The lowest BCUT2D eigenvalue weighted by molar-refractivity contribution is 0.103. The Bertz CT molecular complexity index is 606. The minimum Gasteiger partial charge on any atom is -0.504 e. The zero-order valence-corrected chi connectivity index (χ0v) is 11.2. The summed E-state index contributed by atoms with van der Waals surface area (Å²) in [6, 6.07) is 11.3. The highest BCUT2D eigenvalue weighted by Gasteiger charge is 2.14. The summed E-state index contributed by atoms with van der Waals surface area (Å²) in [5.41, 5.74) is 2.16. The van der Waals surface area contributed by atoms with E-state index in [1.807, 2.05) is 30.3 Å². The lowest BCUT2D eigenvalue weighted by Gasteiger charge is -2.11. The first kappa shape index (κ1) is 14.1. The van der Waals surface area contributed by atoms with E-state index in [1.165, 1.54) is 0 Å². The van der Waals surface area contributed by atoms with Crippen LogP contribution in [-0.2, 0) is 18.0 Å². The number of phenolic OH excluding ortho intramolecular Hbond substituents is 2. The molecule has 0 aliphatic heterocycles. The molecule has 0 atom stereocenters. The topological polar surface area (TPSA) is 66.8 Å². The third kappa shape index (κ3) is 2.97. The first-order chi connectivity index (χ1) is 9.63. The largest absolute Gasteiger partial charge is 0.504 e. The second-order valence-corrected chi connectivity index (χ2v) is 4.56. The van der Waals surface area contributed by atoms with E-state index < -0.39 is 5.75 Å². The number of hydrogen-bond acceptors (Lipinski definition) is 4. The molecular formula is C16H16O4. The molecule has 0 amide bonds. The normalized spacial score (nSPS) is 10.4. The Hall–Kier alpha value is -2.33. The van der Waals surface area contributed by atoms with Crippen molar-refractivity contribution < 1.29 is 19.7 Å². The van der Waals surface area contributed by atoms with E-state index in [2.05, 4.69) is 0 Å². The van der Waals surface area contributed by atoms with Crippen molar-refractivity contribution in [2.24, 2.45) is 0 Å². The Morgan fingerprint density at radius 3 is 2.45 bits per heavy atom. The van der Waals surface area contributed by atoms with Crippen molar-refractivity contribution in [1.29, 1.82) is 0 Å². The van der Waals surface area contributed by atoms with Crippen molar-refractivity contribution in [3.8, 4) is 11.5 Å². The highest BCUT2D eigenvalue weighted by atomic mass is 16.5. The van der Waals surface area contributed by atoms with Crippen molar-refractivity contribution in [3.63, 3.8) is 0 Å². The minimum atomic E-state index is -0.390. The van der Waals surface area contributed by atoms with Gasteiger partial charge in [-0.3, -0.25) is 4.79 Å². The average molecular weight is 272 g/mol. The van der Waals surface area contributed by atoms with Gasteiger partial charge in [0.05, 0.1) is 18.8 Å². The summed E-state index contributed by atoms with van der Waals surface area (Å²) in [6.07, 6.45) is 0.524. The molecule has 4 heteroatoms. The van der Waals surface area contributed by atoms with E-state index in [9.17, 15) is 15.0 Å². The van der Waals surface area contributed by atoms with Gasteiger partial charge >= 0.3 is 0 Å². The third-order valence-electron chi connectivity index (χ3n) is 3.08. The molecule has 4 nitrogen and oxygen atoms in total. The molecule has 2 N–H and O–H groups in total. The molecule has 2 aromatic carbocycles. The maximum absolute atomic E-state index is 11.0. The number of carbonyl (C=O) groups excluding carboxylic acids is 1. The molecule has 0 aromatic heterocycles. The van der Waals surface area contributed by atoms with Gasteiger partial charge in [0.2, 0.25) is 0 Å². The lowest BCUT2D eigenvalue weighted by Crippen LogP contribution is -2.00. The fourth-order valence-corrected chi connectivity index (χ4v) is 1.98. The standard InChI is InChI=1S/C16H16O4/c1-11-7-13(14(8-17)16(19)15(11)18)10-20-9-12-5-3-2-4-6-12/h2-8,18-19H,9-10H2,1H3. The zero-order valence-electron chi connectivity index (χ0n) is 11.2. The molecule has 0 saturated carbocycles. The van der Waals surface area contributed by atoms with Crippen molar-refractivity contribution in [1.82, 2.24) is 0 Å². The van der Waals surface area contributed by atoms with Crippen LogP contribution >= 0.6 is 0 Å². The van der Waals surface area contributed by atoms with Gasteiger partial charge in [-0.15, -0.1) is 0 Å². The number of rotatable bonds is 5. The molecule has 0 aliphatic rings. The number of aldehydes is 1. The molecule has 104 valence electrons. The highest BCUT2D eigenvalue weighted by molar-refractivity contribution is 5.83. The van der Waals surface area contributed by atoms with Crippen molar-refractivity contribution in [3.05, 3.63) is 58.7 Å². The van der Waals surface area contributed by atoms with Crippen molar-refractivity contribution in [2.45, 2.75) is 20.1 Å². The van der Waals surface area contributed by atoms with Gasteiger partial charge in [0.15, 0.2) is 17.8 Å². The highest BCUT2D eigenvalue weighted by Crippen LogP contribution is 2.34. The Balaban J connectivity index is 2.12. The molecular weight excluding hydrogens is 256 g/mol. The van der Waals surface area contributed by atoms with Gasteiger partial charge in [0, 0.05) is 0 Å². The Labute approximate surface area is 117 Å². The summed E-state index contributed by atoms with van der Waals surface area (Å²) in [6.45, 7) is 2.27. The summed E-state index contributed by atoms with van der Waals surface area (Å²) in [5.74, 6) is -0.655. The maximum atomic E-state index is 11.0. The molecule has 20 heavy (non-hydrogen) atoms. The van der Waals surface area contributed by atoms with E-state index in [4.69, 9.17) is 4.74 Å². The molecule has 0 saturated heterocycles. The Morgan fingerprint density at radius 2 is 1.80 bits per heavy atom. The number of hydrogen-bond donors (Lipinski definition) is 2. The molecule has 0 unspecified atom stereocenters. The summed E-state index contributed by atoms with van der Waals surface area (Å²) in [7, 11) is 0. The third-order valence-corrected chi connectivity index (χ3v) is 3.08. The van der Waals surface area contributed by atoms with E-state index in [0.29, 0.717) is 24.0 Å². The van der Waals surface area contributed by atoms with Crippen molar-refractivity contribution >= 4 is 6.29 Å². The average Bonchev–Trinajstić information content (AvgIpc) is 2.46. The fourth-order valence-electron chi connectivity index (χ4n) is 1.98. The van der Waals surface area contributed by atoms with Gasteiger partial charge in [-0.25, -0.2) is 0 Å². The van der Waals surface area contributed by atoms with Crippen LogP contribution in [0.1, 0.15) is 27.0 Å². The number of aromatic hydroxyl groups is 2.